The number of rotatable bonds is 10. The second-order valence-corrected chi connectivity index (χ2v) is 7.39. The van der Waals surface area contributed by atoms with Crippen molar-refractivity contribution in [1.82, 2.24) is 0 Å². The van der Waals surface area contributed by atoms with Gasteiger partial charge in [-0.1, -0.05) is 32.3 Å². The third-order valence-corrected chi connectivity index (χ3v) is 5.11. The molecule has 0 radical (unpaired) electrons. The maximum Gasteiger partial charge on any atom is 0.122 e. The zero-order valence-corrected chi connectivity index (χ0v) is 15.3. The smallest absolute Gasteiger partial charge is 0.122 e. The lowest BCUT2D eigenvalue weighted by molar-refractivity contribution is 0.0616. The Morgan fingerprint density at radius 1 is 1.24 bits per heavy atom. The van der Waals surface area contributed by atoms with Gasteiger partial charge in [0.05, 0.1) is 31.0 Å². The van der Waals surface area contributed by atoms with E-state index in [9.17, 15) is 15.3 Å². The highest BCUT2D eigenvalue weighted by Crippen LogP contribution is 2.33. The van der Waals surface area contributed by atoms with Crippen molar-refractivity contribution >= 4 is 0 Å². The van der Waals surface area contributed by atoms with Gasteiger partial charge in [-0.15, -0.1) is 0 Å². The average Bonchev–Trinajstić information content (AvgIpc) is 2.64. The molecule has 1 aromatic carbocycles. The molecule has 2 atom stereocenters. The van der Waals surface area contributed by atoms with Gasteiger partial charge >= 0.3 is 0 Å². The van der Waals surface area contributed by atoms with E-state index in [1.54, 1.807) is 0 Å². The number of fused-ring (bicyclic) bond motifs is 1. The van der Waals surface area contributed by atoms with Gasteiger partial charge in [0.2, 0.25) is 0 Å². The molecule has 5 N–H and O–H groups in total. The molecule has 0 saturated carbocycles. The van der Waals surface area contributed by atoms with Gasteiger partial charge in [-0.2, -0.15) is 0 Å². The molecule has 0 spiro atoms. The zero-order chi connectivity index (χ0) is 18.3. The Hall–Kier alpha value is -1.14. The van der Waals surface area contributed by atoms with Crippen LogP contribution in [-0.2, 0) is 6.42 Å². The Morgan fingerprint density at radius 2 is 2.00 bits per heavy atom. The molecule has 1 aromatic rings. The van der Waals surface area contributed by atoms with Crippen LogP contribution in [0.3, 0.4) is 0 Å². The van der Waals surface area contributed by atoms with Crippen molar-refractivity contribution in [3.63, 3.8) is 0 Å². The molecule has 1 aliphatic rings. The maximum atomic E-state index is 10.4. The summed E-state index contributed by atoms with van der Waals surface area (Å²) in [4.78, 5) is 0. The van der Waals surface area contributed by atoms with E-state index in [1.807, 2.05) is 18.2 Å². The Morgan fingerprint density at radius 3 is 2.68 bits per heavy atom. The van der Waals surface area contributed by atoms with E-state index in [2.05, 4.69) is 6.92 Å². The molecule has 2 rings (SSSR count). The highest BCUT2D eigenvalue weighted by molar-refractivity contribution is 5.39. The van der Waals surface area contributed by atoms with Crippen LogP contribution in [0.4, 0.5) is 0 Å². The van der Waals surface area contributed by atoms with Crippen molar-refractivity contribution < 1.29 is 20.1 Å². The predicted molar refractivity (Wildman–Crippen MR) is 98.6 cm³/mol. The number of aryl methyl sites for hydroxylation is 1. The Balaban J connectivity index is 1.95. The average molecular weight is 351 g/mol. The molecule has 0 aromatic heterocycles. The number of hydrogen-bond donors (Lipinski definition) is 4. The number of aliphatic hydroxyl groups is 3. The van der Waals surface area contributed by atoms with Crippen LogP contribution in [0.2, 0.25) is 0 Å². The molecule has 25 heavy (non-hydrogen) atoms. The lowest BCUT2D eigenvalue weighted by Crippen LogP contribution is -2.48. The third kappa shape index (κ3) is 5.68. The maximum absolute atomic E-state index is 10.4. The van der Waals surface area contributed by atoms with E-state index < -0.39 is 11.6 Å². The van der Waals surface area contributed by atoms with Gasteiger partial charge in [-0.05, 0) is 55.4 Å². The summed E-state index contributed by atoms with van der Waals surface area (Å²) in [7, 11) is 0. The van der Waals surface area contributed by atoms with Gasteiger partial charge in [0, 0.05) is 0 Å². The number of hydrogen-bond acceptors (Lipinski definition) is 5. The van der Waals surface area contributed by atoms with Crippen LogP contribution in [0, 0.1) is 0 Å². The summed E-state index contributed by atoms with van der Waals surface area (Å²) < 4.78 is 6.10. The van der Waals surface area contributed by atoms with E-state index in [1.165, 1.54) is 25.7 Å². The first-order valence-corrected chi connectivity index (χ1v) is 9.49. The molecule has 142 valence electrons. The first-order valence-electron chi connectivity index (χ1n) is 9.49. The number of ether oxygens (including phenoxy) is 1. The fraction of sp³-hybridized carbons (Fsp3) is 0.700. The van der Waals surface area contributed by atoms with E-state index in [-0.39, 0.29) is 19.6 Å². The van der Waals surface area contributed by atoms with Crippen molar-refractivity contribution in [2.24, 2.45) is 5.73 Å². The summed E-state index contributed by atoms with van der Waals surface area (Å²) in [6.07, 6.45) is 7.66. The number of nitrogens with two attached hydrogens (primary N) is 1. The molecule has 0 fully saturated rings. The van der Waals surface area contributed by atoms with E-state index in [0.717, 1.165) is 36.1 Å². The topological polar surface area (TPSA) is 95.9 Å². The molecule has 0 amide bonds. The van der Waals surface area contributed by atoms with Crippen LogP contribution in [0.25, 0.3) is 0 Å². The highest BCUT2D eigenvalue weighted by Gasteiger charge is 2.28. The van der Waals surface area contributed by atoms with Crippen LogP contribution in [-0.4, -0.2) is 40.2 Å². The fourth-order valence-electron chi connectivity index (χ4n) is 3.36. The third-order valence-electron chi connectivity index (χ3n) is 5.11. The first kappa shape index (κ1) is 20.2. The first-order chi connectivity index (χ1) is 12.0. The fourth-order valence-corrected chi connectivity index (χ4v) is 3.36. The minimum Gasteiger partial charge on any atom is -0.490 e. The molecular formula is C20H33NO4. The Labute approximate surface area is 150 Å². The van der Waals surface area contributed by atoms with Gasteiger partial charge in [0.25, 0.3) is 0 Å². The van der Waals surface area contributed by atoms with Crippen molar-refractivity contribution in [3.8, 4) is 5.75 Å². The minimum absolute atomic E-state index is 0.111. The summed E-state index contributed by atoms with van der Waals surface area (Å²) in [5.41, 5.74) is 6.56. The standard InChI is InChI=1S/C20H33NO4/c1-2-3-4-5-6-17-9-7-16-11-15(8-10-19(16)25-17)18(24)12-20(21,13-22)14-23/h8,10-11,17-18,22-24H,2-7,9,12-14,21H2,1H3. The molecule has 5 heteroatoms. The van der Waals surface area contributed by atoms with Crippen LogP contribution in [0.1, 0.15) is 69.1 Å². The lowest BCUT2D eigenvalue weighted by atomic mass is 9.90. The van der Waals surface area contributed by atoms with Gasteiger partial charge < -0.3 is 25.8 Å². The van der Waals surface area contributed by atoms with E-state index >= 15 is 0 Å². The summed E-state index contributed by atoms with van der Waals surface area (Å²) in [5, 5.41) is 29.0. The van der Waals surface area contributed by atoms with Crippen molar-refractivity contribution in [3.05, 3.63) is 29.3 Å². The van der Waals surface area contributed by atoms with Gasteiger partial charge in [0.1, 0.15) is 5.75 Å². The van der Waals surface area contributed by atoms with Gasteiger partial charge in [0.15, 0.2) is 0 Å². The Bertz CT molecular complexity index is 530. The van der Waals surface area contributed by atoms with Crippen LogP contribution in [0.5, 0.6) is 5.75 Å². The molecule has 1 aliphatic heterocycles. The second kappa shape index (κ2) is 9.53. The van der Waals surface area contributed by atoms with Crippen molar-refractivity contribution in [2.75, 3.05) is 13.2 Å². The largest absolute Gasteiger partial charge is 0.490 e. The molecule has 5 nitrogen and oxygen atoms in total. The number of benzene rings is 1. The monoisotopic (exact) mass is 351 g/mol. The predicted octanol–water partition coefficient (Wildman–Crippen LogP) is 2.46. The summed E-state index contributed by atoms with van der Waals surface area (Å²) in [6, 6.07) is 5.72. The lowest BCUT2D eigenvalue weighted by Gasteiger charge is -2.29. The summed E-state index contributed by atoms with van der Waals surface area (Å²) >= 11 is 0. The Kier molecular flexibility index (Phi) is 7.69. The highest BCUT2D eigenvalue weighted by atomic mass is 16.5. The van der Waals surface area contributed by atoms with Crippen LogP contribution in [0.15, 0.2) is 18.2 Å². The molecular weight excluding hydrogens is 318 g/mol. The summed E-state index contributed by atoms with van der Waals surface area (Å²) in [5.74, 6) is 0.908. The molecule has 1 heterocycles. The molecule has 0 bridgehead atoms. The van der Waals surface area contributed by atoms with Crippen LogP contribution < -0.4 is 10.5 Å². The van der Waals surface area contributed by atoms with Crippen molar-refractivity contribution in [2.45, 2.75) is 76.0 Å². The molecule has 0 aliphatic carbocycles. The minimum atomic E-state index is -1.17. The number of unbranched alkanes of at least 4 members (excludes halogenated alkanes) is 3. The van der Waals surface area contributed by atoms with Crippen LogP contribution >= 0.6 is 0 Å². The second-order valence-electron chi connectivity index (χ2n) is 7.39. The normalized spacial score (nSPS) is 18.5. The quantitative estimate of drug-likeness (QED) is 0.486. The number of aliphatic hydroxyl groups excluding tert-OH is 3. The van der Waals surface area contributed by atoms with E-state index in [0.29, 0.717) is 6.10 Å². The summed E-state index contributed by atoms with van der Waals surface area (Å²) in [6.45, 7) is 1.48. The van der Waals surface area contributed by atoms with Gasteiger partial charge in [-0.3, -0.25) is 0 Å². The van der Waals surface area contributed by atoms with Crippen molar-refractivity contribution in [1.29, 1.82) is 0 Å². The molecule has 0 saturated heterocycles. The van der Waals surface area contributed by atoms with Gasteiger partial charge in [-0.25, -0.2) is 0 Å². The molecule has 2 unspecified atom stereocenters. The zero-order valence-electron chi connectivity index (χ0n) is 15.3. The van der Waals surface area contributed by atoms with E-state index in [4.69, 9.17) is 10.5 Å². The SMILES string of the molecule is CCCCCCC1CCc2cc(C(O)CC(N)(CO)CO)ccc2O1.